The number of nitrogens with one attached hydrogen (secondary N) is 1. The molecule has 2 aliphatic heterocycles. The molecule has 0 aromatic carbocycles. The van der Waals surface area contributed by atoms with E-state index in [-0.39, 0.29) is 0 Å². The Morgan fingerprint density at radius 1 is 1.33 bits per heavy atom. The minimum absolute atomic E-state index is 0.415. The zero-order valence-electron chi connectivity index (χ0n) is 14.1. The van der Waals surface area contributed by atoms with E-state index in [2.05, 4.69) is 33.1 Å². The molecule has 1 unspecified atom stereocenters. The molecular weight excluding hydrogens is 304 g/mol. The third-order valence-electron chi connectivity index (χ3n) is 5.17. The highest BCUT2D eigenvalue weighted by molar-refractivity contribution is 5.61. The van der Waals surface area contributed by atoms with Crippen LogP contribution in [-0.4, -0.2) is 52.2 Å². The first kappa shape index (κ1) is 15.7. The Morgan fingerprint density at radius 3 is 3.00 bits per heavy atom. The smallest absolute Gasteiger partial charge is 0.169 e. The zero-order chi connectivity index (χ0) is 16.4. The van der Waals surface area contributed by atoms with Gasteiger partial charge >= 0.3 is 0 Å². The van der Waals surface area contributed by atoms with Crippen molar-refractivity contribution in [1.82, 2.24) is 20.1 Å². The number of piperidine rings is 1. The van der Waals surface area contributed by atoms with Gasteiger partial charge in [-0.2, -0.15) is 5.10 Å². The van der Waals surface area contributed by atoms with E-state index in [1.165, 1.54) is 12.0 Å². The number of ether oxygens (including phenoxy) is 2. The van der Waals surface area contributed by atoms with Crippen LogP contribution >= 0.6 is 0 Å². The molecule has 2 aliphatic rings. The van der Waals surface area contributed by atoms with E-state index < -0.39 is 5.79 Å². The number of H-pyrrole nitrogens is 1. The number of likely N-dealkylation sites (tertiary alicyclic amines) is 1. The largest absolute Gasteiger partial charge is 0.347 e. The van der Waals surface area contributed by atoms with Crippen LogP contribution in [0.5, 0.6) is 0 Å². The van der Waals surface area contributed by atoms with Gasteiger partial charge in [-0.15, -0.1) is 0 Å². The number of aromatic nitrogens is 3. The molecule has 0 bridgehead atoms. The Bertz CT molecular complexity index is 667. The molecule has 0 aliphatic carbocycles. The van der Waals surface area contributed by atoms with Gasteiger partial charge in [0.15, 0.2) is 5.79 Å². The van der Waals surface area contributed by atoms with E-state index in [1.807, 2.05) is 18.5 Å². The predicted octanol–water partition coefficient (Wildman–Crippen LogP) is 2.45. The predicted molar refractivity (Wildman–Crippen MR) is 90.1 cm³/mol. The summed E-state index contributed by atoms with van der Waals surface area (Å²) in [5.41, 5.74) is 3.35. The van der Waals surface area contributed by atoms with Crippen molar-refractivity contribution in [1.29, 1.82) is 0 Å². The molecule has 4 rings (SSSR count). The van der Waals surface area contributed by atoms with Crippen molar-refractivity contribution in [2.24, 2.45) is 5.92 Å². The van der Waals surface area contributed by atoms with E-state index in [1.54, 1.807) is 6.20 Å². The van der Waals surface area contributed by atoms with E-state index in [9.17, 15) is 0 Å². The van der Waals surface area contributed by atoms with E-state index in [0.717, 1.165) is 37.3 Å². The van der Waals surface area contributed by atoms with Crippen molar-refractivity contribution < 1.29 is 9.47 Å². The van der Waals surface area contributed by atoms with Crippen LogP contribution in [-0.2, 0) is 16.0 Å². The van der Waals surface area contributed by atoms with E-state index in [4.69, 9.17) is 9.47 Å². The SMILES string of the molecule is CC1(C2CCCN(Cc3cn[nH]c3-c3cccnc3)C2)OCCO1. The molecule has 24 heavy (non-hydrogen) atoms. The number of aromatic amines is 1. The van der Waals surface area contributed by atoms with Crippen molar-refractivity contribution in [3.63, 3.8) is 0 Å². The molecule has 0 radical (unpaired) electrons. The van der Waals surface area contributed by atoms with Crippen molar-refractivity contribution in [2.75, 3.05) is 26.3 Å². The zero-order valence-corrected chi connectivity index (χ0v) is 14.1. The second-order valence-electron chi connectivity index (χ2n) is 6.80. The van der Waals surface area contributed by atoms with Gasteiger partial charge in [-0.3, -0.25) is 15.0 Å². The van der Waals surface area contributed by atoms with Crippen molar-refractivity contribution in [3.8, 4) is 11.3 Å². The van der Waals surface area contributed by atoms with Crippen molar-refractivity contribution in [3.05, 3.63) is 36.3 Å². The van der Waals surface area contributed by atoms with Crippen LogP contribution < -0.4 is 0 Å². The Kier molecular flexibility index (Phi) is 4.35. The van der Waals surface area contributed by atoms with Crippen molar-refractivity contribution >= 4 is 0 Å². The lowest BCUT2D eigenvalue weighted by Crippen LogP contribution is -2.46. The summed E-state index contributed by atoms with van der Waals surface area (Å²) in [6.45, 7) is 6.48. The number of rotatable bonds is 4. The molecule has 1 atom stereocenters. The molecule has 4 heterocycles. The first-order chi connectivity index (χ1) is 11.7. The van der Waals surface area contributed by atoms with Gasteiger partial charge in [0.05, 0.1) is 25.1 Å². The maximum absolute atomic E-state index is 5.88. The molecule has 1 N–H and O–H groups in total. The third-order valence-corrected chi connectivity index (χ3v) is 5.17. The maximum Gasteiger partial charge on any atom is 0.169 e. The van der Waals surface area contributed by atoms with Gasteiger partial charge in [0.1, 0.15) is 0 Å². The fraction of sp³-hybridized carbons (Fsp3) is 0.556. The molecule has 2 aromatic heterocycles. The Morgan fingerprint density at radius 2 is 2.21 bits per heavy atom. The van der Waals surface area contributed by atoms with Gasteiger partial charge in [-0.1, -0.05) is 0 Å². The molecule has 0 saturated carbocycles. The quantitative estimate of drug-likeness (QED) is 0.934. The number of pyridine rings is 1. The summed E-state index contributed by atoms with van der Waals surface area (Å²) in [4.78, 5) is 6.69. The molecule has 2 saturated heterocycles. The van der Waals surface area contributed by atoms with Gasteiger partial charge in [-0.05, 0) is 38.4 Å². The van der Waals surface area contributed by atoms with Gasteiger partial charge < -0.3 is 9.47 Å². The molecule has 6 heteroatoms. The second kappa shape index (κ2) is 6.63. The van der Waals surface area contributed by atoms with Gasteiger partial charge in [0.2, 0.25) is 0 Å². The Hall–Kier alpha value is -1.76. The summed E-state index contributed by atoms with van der Waals surface area (Å²) in [5, 5.41) is 7.36. The van der Waals surface area contributed by atoms with Gasteiger partial charge in [0.25, 0.3) is 0 Å². The lowest BCUT2D eigenvalue weighted by Gasteiger charge is -2.39. The summed E-state index contributed by atoms with van der Waals surface area (Å²) in [6.07, 6.45) is 7.92. The summed E-state index contributed by atoms with van der Waals surface area (Å²) in [5.74, 6) is 0.00354. The van der Waals surface area contributed by atoms with E-state index >= 15 is 0 Å². The van der Waals surface area contributed by atoms with Crippen molar-refractivity contribution in [2.45, 2.75) is 32.1 Å². The van der Waals surface area contributed by atoms with Gasteiger partial charge in [0, 0.05) is 42.5 Å². The van der Waals surface area contributed by atoms with Crippen LogP contribution in [0, 0.1) is 5.92 Å². The molecule has 2 aromatic rings. The van der Waals surface area contributed by atoms with E-state index in [0.29, 0.717) is 19.1 Å². The molecule has 0 spiro atoms. The first-order valence-electron chi connectivity index (χ1n) is 8.67. The highest BCUT2D eigenvalue weighted by Crippen LogP contribution is 2.34. The fourth-order valence-corrected chi connectivity index (χ4v) is 3.83. The second-order valence-corrected chi connectivity index (χ2v) is 6.80. The number of hydrogen-bond acceptors (Lipinski definition) is 5. The number of hydrogen-bond donors (Lipinski definition) is 1. The summed E-state index contributed by atoms with van der Waals surface area (Å²) < 4.78 is 11.8. The average molecular weight is 328 g/mol. The minimum Gasteiger partial charge on any atom is -0.347 e. The standard InChI is InChI=1S/C18H24N4O2/c1-18(23-8-9-24-18)16-5-3-7-22(13-16)12-15-11-20-21-17(15)14-4-2-6-19-10-14/h2,4,6,10-11,16H,3,5,7-9,12-13H2,1H3,(H,20,21). The highest BCUT2D eigenvalue weighted by Gasteiger charge is 2.41. The van der Waals surface area contributed by atoms with Crippen LogP contribution in [0.2, 0.25) is 0 Å². The minimum atomic E-state index is -0.415. The van der Waals surface area contributed by atoms with Gasteiger partial charge in [-0.25, -0.2) is 0 Å². The van der Waals surface area contributed by atoms with Crippen LogP contribution in [0.25, 0.3) is 11.3 Å². The monoisotopic (exact) mass is 328 g/mol. The van der Waals surface area contributed by atoms with Crippen LogP contribution in [0.3, 0.4) is 0 Å². The summed E-state index contributed by atoms with van der Waals surface area (Å²) in [7, 11) is 0. The lowest BCUT2D eigenvalue weighted by molar-refractivity contribution is -0.192. The Labute approximate surface area is 142 Å². The highest BCUT2D eigenvalue weighted by atomic mass is 16.7. The lowest BCUT2D eigenvalue weighted by atomic mass is 9.90. The van der Waals surface area contributed by atoms with Crippen LogP contribution in [0.15, 0.2) is 30.7 Å². The van der Waals surface area contributed by atoms with Crippen LogP contribution in [0.1, 0.15) is 25.3 Å². The molecule has 0 amide bonds. The Balaban J connectivity index is 1.47. The number of nitrogens with zero attached hydrogens (tertiary/aromatic N) is 3. The summed E-state index contributed by atoms with van der Waals surface area (Å²) >= 11 is 0. The topological polar surface area (TPSA) is 63.3 Å². The normalized spacial score (nSPS) is 24.3. The van der Waals surface area contributed by atoms with Crippen LogP contribution in [0.4, 0.5) is 0 Å². The third kappa shape index (κ3) is 3.09. The first-order valence-corrected chi connectivity index (χ1v) is 8.67. The molecule has 6 nitrogen and oxygen atoms in total. The summed E-state index contributed by atoms with van der Waals surface area (Å²) in [6, 6.07) is 4.01. The molecule has 128 valence electrons. The fourth-order valence-electron chi connectivity index (χ4n) is 3.83. The average Bonchev–Trinajstić information content (AvgIpc) is 3.26. The molecular formula is C18H24N4O2. The molecule has 2 fully saturated rings. The maximum atomic E-state index is 5.88.